The van der Waals surface area contributed by atoms with E-state index in [2.05, 4.69) is 0 Å². The minimum absolute atomic E-state index is 0.397. The van der Waals surface area contributed by atoms with Crippen molar-refractivity contribution in [2.45, 2.75) is 37.7 Å². The van der Waals surface area contributed by atoms with Gasteiger partial charge in [0.2, 0.25) is 0 Å². The zero-order valence-electron chi connectivity index (χ0n) is 10.3. The lowest BCUT2D eigenvalue weighted by atomic mass is 9.85. The summed E-state index contributed by atoms with van der Waals surface area (Å²) < 4.78 is 5.02. The van der Waals surface area contributed by atoms with E-state index in [0.29, 0.717) is 5.56 Å². The van der Waals surface area contributed by atoms with Gasteiger partial charge in [0, 0.05) is 0 Å². The van der Waals surface area contributed by atoms with Gasteiger partial charge >= 0.3 is 5.97 Å². The maximum Gasteiger partial charge on any atom is 0.342 e. The molecule has 18 heavy (non-hydrogen) atoms. The topological polar surface area (TPSA) is 46.5 Å². The van der Waals surface area contributed by atoms with Gasteiger partial charge in [0.1, 0.15) is 0 Å². The van der Waals surface area contributed by atoms with Crippen LogP contribution in [0, 0.1) is 0 Å². The fourth-order valence-corrected chi connectivity index (χ4v) is 2.20. The van der Waals surface area contributed by atoms with Crippen LogP contribution in [0.3, 0.4) is 0 Å². The standard InChI is InChI=1S/C15H18O3/c16-14(13-7-3-1-4-8-13)18-12-11-15(17)9-5-2-6-10-15/h1,3-4,7-8,11-12,17H,2,5-6,9-10H2/b12-11+. The van der Waals surface area contributed by atoms with Crippen LogP contribution in [0.15, 0.2) is 42.7 Å². The van der Waals surface area contributed by atoms with Gasteiger partial charge in [-0.2, -0.15) is 0 Å². The van der Waals surface area contributed by atoms with Crippen LogP contribution >= 0.6 is 0 Å². The zero-order valence-corrected chi connectivity index (χ0v) is 10.3. The molecule has 2 rings (SSSR count). The lowest BCUT2D eigenvalue weighted by molar-refractivity contribution is 0.0465. The molecule has 0 aliphatic heterocycles. The average molecular weight is 246 g/mol. The Morgan fingerprint density at radius 1 is 1.17 bits per heavy atom. The summed E-state index contributed by atoms with van der Waals surface area (Å²) in [4.78, 5) is 11.6. The molecule has 1 N–H and O–H groups in total. The van der Waals surface area contributed by atoms with Gasteiger partial charge in [-0.25, -0.2) is 4.79 Å². The predicted molar refractivity (Wildman–Crippen MR) is 69.0 cm³/mol. The fourth-order valence-electron chi connectivity index (χ4n) is 2.20. The van der Waals surface area contributed by atoms with Crippen LogP contribution in [0.2, 0.25) is 0 Å². The van der Waals surface area contributed by atoms with Crippen molar-refractivity contribution in [1.82, 2.24) is 0 Å². The third-order valence-corrected chi connectivity index (χ3v) is 3.28. The normalized spacial score (nSPS) is 18.7. The second-order valence-electron chi connectivity index (χ2n) is 4.74. The highest BCUT2D eigenvalue weighted by Gasteiger charge is 2.26. The monoisotopic (exact) mass is 246 g/mol. The number of carbonyl (C=O) groups excluding carboxylic acids is 1. The minimum Gasteiger partial charge on any atom is -0.431 e. The maximum atomic E-state index is 11.6. The molecule has 0 heterocycles. The van der Waals surface area contributed by atoms with E-state index in [1.165, 1.54) is 12.7 Å². The molecule has 3 nitrogen and oxygen atoms in total. The van der Waals surface area contributed by atoms with Gasteiger partial charge in [0.15, 0.2) is 0 Å². The van der Waals surface area contributed by atoms with Crippen LogP contribution in [0.5, 0.6) is 0 Å². The van der Waals surface area contributed by atoms with Crippen molar-refractivity contribution in [3.8, 4) is 0 Å². The highest BCUT2D eigenvalue weighted by atomic mass is 16.5. The van der Waals surface area contributed by atoms with Gasteiger partial charge in [-0.3, -0.25) is 0 Å². The molecule has 1 aliphatic carbocycles. The predicted octanol–water partition coefficient (Wildman–Crippen LogP) is 3.05. The molecule has 1 aromatic carbocycles. The average Bonchev–Trinajstić information content (AvgIpc) is 2.40. The molecule has 1 aliphatic rings. The van der Waals surface area contributed by atoms with E-state index in [9.17, 15) is 9.90 Å². The molecule has 0 amide bonds. The van der Waals surface area contributed by atoms with E-state index in [-0.39, 0.29) is 0 Å². The Labute approximate surface area is 107 Å². The van der Waals surface area contributed by atoms with Crippen molar-refractivity contribution in [2.75, 3.05) is 0 Å². The van der Waals surface area contributed by atoms with E-state index in [1.807, 2.05) is 6.07 Å². The number of hydrogen-bond donors (Lipinski definition) is 1. The number of benzene rings is 1. The molecular formula is C15H18O3. The Morgan fingerprint density at radius 2 is 1.83 bits per heavy atom. The smallest absolute Gasteiger partial charge is 0.342 e. The summed E-state index contributed by atoms with van der Waals surface area (Å²) in [7, 11) is 0. The summed E-state index contributed by atoms with van der Waals surface area (Å²) in [6, 6.07) is 8.82. The number of aliphatic hydroxyl groups is 1. The van der Waals surface area contributed by atoms with Crippen LogP contribution < -0.4 is 0 Å². The van der Waals surface area contributed by atoms with E-state index < -0.39 is 11.6 Å². The summed E-state index contributed by atoms with van der Waals surface area (Å²) in [6.07, 6.45) is 7.62. The number of carbonyl (C=O) groups is 1. The molecule has 3 heteroatoms. The van der Waals surface area contributed by atoms with Gasteiger partial charge in [0.05, 0.1) is 17.4 Å². The van der Waals surface area contributed by atoms with Crippen LogP contribution in [0.25, 0.3) is 0 Å². The first-order valence-electron chi connectivity index (χ1n) is 6.36. The molecule has 0 aromatic heterocycles. The van der Waals surface area contributed by atoms with Crippen molar-refractivity contribution in [1.29, 1.82) is 0 Å². The zero-order chi connectivity index (χ0) is 12.8. The number of esters is 1. The number of hydrogen-bond acceptors (Lipinski definition) is 3. The molecule has 1 saturated carbocycles. The third kappa shape index (κ3) is 3.44. The minimum atomic E-state index is -0.796. The fraction of sp³-hybridized carbons (Fsp3) is 0.400. The lowest BCUT2D eigenvalue weighted by Gasteiger charge is -2.28. The van der Waals surface area contributed by atoms with E-state index >= 15 is 0 Å². The summed E-state index contributed by atoms with van der Waals surface area (Å²) >= 11 is 0. The first kappa shape index (κ1) is 12.8. The van der Waals surface area contributed by atoms with Crippen LogP contribution in [0.1, 0.15) is 42.5 Å². The number of ether oxygens (including phenoxy) is 1. The van der Waals surface area contributed by atoms with Gasteiger partial charge < -0.3 is 9.84 Å². The highest BCUT2D eigenvalue weighted by molar-refractivity contribution is 5.89. The molecule has 1 fully saturated rings. The van der Waals surface area contributed by atoms with Gasteiger partial charge in [0.25, 0.3) is 0 Å². The molecule has 1 aromatic rings. The summed E-state index contributed by atoms with van der Waals surface area (Å²) in [6.45, 7) is 0. The third-order valence-electron chi connectivity index (χ3n) is 3.28. The SMILES string of the molecule is O=C(O/C=C/C1(O)CCCCC1)c1ccccc1. The van der Waals surface area contributed by atoms with Crippen LogP contribution in [-0.2, 0) is 4.74 Å². The van der Waals surface area contributed by atoms with Gasteiger partial charge in [-0.1, -0.05) is 37.5 Å². The highest BCUT2D eigenvalue weighted by Crippen LogP contribution is 2.29. The molecule has 0 atom stereocenters. The Balaban J connectivity index is 1.89. The molecule has 0 radical (unpaired) electrons. The number of rotatable bonds is 3. The van der Waals surface area contributed by atoms with E-state index in [1.54, 1.807) is 30.3 Å². The molecular weight excluding hydrogens is 228 g/mol. The van der Waals surface area contributed by atoms with Crippen molar-refractivity contribution in [3.63, 3.8) is 0 Å². The quantitative estimate of drug-likeness (QED) is 0.658. The second-order valence-corrected chi connectivity index (χ2v) is 4.74. The lowest BCUT2D eigenvalue weighted by Crippen LogP contribution is -2.28. The van der Waals surface area contributed by atoms with Gasteiger partial charge in [-0.05, 0) is 31.1 Å². The van der Waals surface area contributed by atoms with E-state index in [0.717, 1.165) is 25.7 Å². The van der Waals surface area contributed by atoms with Crippen molar-refractivity contribution in [3.05, 3.63) is 48.2 Å². The summed E-state index contributed by atoms with van der Waals surface area (Å²) in [5, 5.41) is 10.2. The van der Waals surface area contributed by atoms with Gasteiger partial charge in [-0.15, -0.1) is 0 Å². The molecule has 0 saturated heterocycles. The van der Waals surface area contributed by atoms with Crippen molar-refractivity contribution in [2.24, 2.45) is 0 Å². The maximum absolute atomic E-state index is 11.6. The Kier molecular flexibility index (Phi) is 4.15. The van der Waals surface area contributed by atoms with Crippen molar-refractivity contribution >= 4 is 5.97 Å². The van der Waals surface area contributed by atoms with E-state index in [4.69, 9.17) is 4.74 Å². The Morgan fingerprint density at radius 3 is 2.50 bits per heavy atom. The Bertz CT molecular complexity index is 417. The second kappa shape index (κ2) is 5.83. The summed E-state index contributed by atoms with van der Waals surface area (Å²) in [5.41, 5.74) is -0.285. The molecule has 0 unspecified atom stereocenters. The van der Waals surface area contributed by atoms with Crippen LogP contribution in [-0.4, -0.2) is 16.7 Å². The largest absolute Gasteiger partial charge is 0.431 e. The molecule has 0 spiro atoms. The molecule has 0 bridgehead atoms. The van der Waals surface area contributed by atoms with Crippen molar-refractivity contribution < 1.29 is 14.6 Å². The first-order valence-corrected chi connectivity index (χ1v) is 6.36. The molecule has 96 valence electrons. The first-order chi connectivity index (χ1) is 8.70. The summed E-state index contributed by atoms with van der Waals surface area (Å²) in [5.74, 6) is -0.397. The van der Waals surface area contributed by atoms with Crippen LogP contribution in [0.4, 0.5) is 0 Å². The Hall–Kier alpha value is -1.61.